The molecule has 0 bridgehead atoms. The fourth-order valence-corrected chi connectivity index (χ4v) is 4.46. The third kappa shape index (κ3) is 4.65. The predicted octanol–water partition coefficient (Wildman–Crippen LogP) is 4.11. The fraction of sp³-hybridized carbons (Fsp3) is 0.381. The van der Waals surface area contributed by atoms with Gasteiger partial charge >= 0.3 is 0 Å². The molecular weight excluding hydrogens is 328 g/mol. The quantitative estimate of drug-likeness (QED) is 0.822. The number of thioether (sulfide) groups is 1. The van der Waals surface area contributed by atoms with E-state index >= 15 is 0 Å². The second-order valence-electron chi connectivity index (χ2n) is 6.74. The maximum absolute atomic E-state index is 13.3. The van der Waals surface area contributed by atoms with Crippen molar-refractivity contribution in [3.63, 3.8) is 0 Å². The van der Waals surface area contributed by atoms with Gasteiger partial charge in [-0.1, -0.05) is 48.5 Å². The molecule has 1 amide bonds. The Morgan fingerprint density at radius 2 is 1.60 bits per heavy atom. The molecule has 1 saturated heterocycles. The molecule has 2 aromatic carbocycles. The maximum atomic E-state index is 13.3. The summed E-state index contributed by atoms with van der Waals surface area (Å²) in [5.41, 5.74) is 7.10. The van der Waals surface area contributed by atoms with Gasteiger partial charge in [-0.25, -0.2) is 0 Å². The molecule has 3 nitrogen and oxygen atoms in total. The second-order valence-corrected chi connectivity index (χ2v) is 7.92. The summed E-state index contributed by atoms with van der Waals surface area (Å²) < 4.78 is 0. The van der Waals surface area contributed by atoms with Gasteiger partial charge in [-0.15, -0.1) is 11.8 Å². The molecular formula is C21H26N2OS. The minimum Gasteiger partial charge on any atom is -0.341 e. The molecule has 2 atom stereocenters. The molecule has 2 N–H and O–H groups in total. The van der Waals surface area contributed by atoms with E-state index in [4.69, 9.17) is 5.73 Å². The van der Waals surface area contributed by atoms with Gasteiger partial charge < -0.3 is 10.6 Å². The van der Waals surface area contributed by atoms with E-state index in [2.05, 4.69) is 19.1 Å². The lowest BCUT2D eigenvalue weighted by atomic mass is 9.90. The first-order chi connectivity index (χ1) is 12.1. The molecule has 0 aliphatic carbocycles. The number of benzene rings is 2. The summed E-state index contributed by atoms with van der Waals surface area (Å²) in [6.45, 7) is 3.69. The fourth-order valence-electron chi connectivity index (χ4n) is 3.34. The number of nitrogens with zero attached hydrogens (tertiary/aromatic N) is 1. The Hall–Kier alpha value is -1.78. The molecule has 1 aliphatic rings. The highest BCUT2D eigenvalue weighted by Gasteiger charge is 2.30. The highest BCUT2D eigenvalue weighted by Crippen LogP contribution is 2.37. The van der Waals surface area contributed by atoms with Gasteiger partial charge in [-0.3, -0.25) is 4.79 Å². The smallest absolute Gasteiger partial charge is 0.240 e. The van der Waals surface area contributed by atoms with E-state index in [1.54, 1.807) is 11.8 Å². The van der Waals surface area contributed by atoms with Crippen LogP contribution in [0.5, 0.6) is 0 Å². The van der Waals surface area contributed by atoms with Crippen LogP contribution >= 0.6 is 11.8 Å². The van der Waals surface area contributed by atoms with Crippen LogP contribution < -0.4 is 5.73 Å². The second kappa shape index (κ2) is 8.54. The minimum absolute atomic E-state index is 0.199. The van der Waals surface area contributed by atoms with Gasteiger partial charge in [-0.05, 0) is 43.4 Å². The van der Waals surface area contributed by atoms with Gasteiger partial charge in [-0.2, -0.15) is 0 Å². The van der Waals surface area contributed by atoms with Crippen LogP contribution in [-0.2, 0) is 4.79 Å². The molecule has 132 valence electrons. The van der Waals surface area contributed by atoms with Crippen molar-refractivity contribution < 1.29 is 4.79 Å². The zero-order valence-corrected chi connectivity index (χ0v) is 15.5. The van der Waals surface area contributed by atoms with Gasteiger partial charge in [0, 0.05) is 24.0 Å². The number of hydrogen-bond donors (Lipinski definition) is 1. The Bertz CT molecular complexity index is 667. The highest BCUT2D eigenvalue weighted by atomic mass is 32.2. The largest absolute Gasteiger partial charge is 0.341 e. The molecule has 0 radical (unpaired) electrons. The predicted molar refractivity (Wildman–Crippen MR) is 104 cm³/mol. The van der Waals surface area contributed by atoms with Crippen molar-refractivity contribution in [3.05, 3.63) is 66.2 Å². The van der Waals surface area contributed by atoms with Crippen LogP contribution in [0.2, 0.25) is 0 Å². The van der Waals surface area contributed by atoms with Crippen LogP contribution in [-0.4, -0.2) is 29.9 Å². The third-order valence-electron chi connectivity index (χ3n) is 4.92. The van der Waals surface area contributed by atoms with Crippen molar-refractivity contribution in [2.75, 3.05) is 13.1 Å². The van der Waals surface area contributed by atoms with Gasteiger partial charge in [0.05, 0.1) is 0 Å². The molecule has 1 aliphatic heterocycles. The molecule has 25 heavy (non-hydrogen) atoms. The first-order valence-electron chi connectivity index (χ1n) is 8.96. The first-order valence-corrected chi connectivity index (χ1v) is 9.84. The zero-order valence-electron chi connectivity index (χ0n) is 14.7. The topological polar surface area (TPSA) is 46.3 Å². The van der Waals surface area contributed by atoms with E-state index in [9.17, 15) is 4.79 Å². The van der Waals surface area contributed by atoms with E-state index in [1.807, 2.05) is 53.4 Å². The Morgan fingerprint density at radius 1 is 1.04 bits per heavy atom. The standard InChI is InChI=1S/C21H26N2OS/c1-16(22)17-12-14-23(15-13-17)21(24)20(18-8-4-2-5-9-18)25-19-10-6-3-7-11-19/h2-11,16-17,20H,12-15,22H2,1H3. The summed E-state index contributed by atoms with van der Waals surface area (Å²) in [6.07, 6.45) is 2.00. The summed E-state index contributed by atoms with van der Waals surface area (Å²) in [5, 5.41) is -0.199. The zero-order chi connectivity index (χ0) is 17.6. The van der Waals surface area contributed by atoms with Crippen molar-refractivity contribution in [1.29, 1.82) is 0 Å². The van der Waals surface area contributed by atoms with E-state index in [0.29, 0.717) is 5.92 Å². The lowest BCUT2D eigenvalue weighted by Crippen LogP contribution is -2.43. The number of carbonyl (C=O) groups is 1. The summed E-state index contributed by atoms with van der Waals surface area (Å²) in [5.74, 6) is 0.740. The molecule has 2 unspecified atom stereocenters. The van der Waals surface area contributed by atoms with Gasteiger partial charge in [0.1, 0.15) is 5.25 Å². The van der Waals surface area contributed by atoms with E-state index in [1.165, 1.54) is 0 Å². The van der Waals surface area contributed by atoms with E-state index in [0.717, 1.165) is 36.4 Å². The lowest BCUT2D eigenvalue weighted by Gasteiger charge is -2.35. The number of hydrogen-bond acceptors (Lipinski definition) is 3. The Kier molecular flexibility index (Phi) is 6.16. The number of amides is 1. The Morgan fingerprint density at radius 3 is 2.16 bits per heavy atom. The van der Waals surface area contributed by atoms with Crippen LogP contribution in [0.4, 0.5) is 0 Å². The summed E-state index contributed by atoms with van der Waals surface area (Å²) >= 11 is 1.63. The molecule has 0 saturated carbocycles. The van der Waals surface area contributed by atoms with E-state index in [-0.39, 0.29) is 17.2 Å². The van der Waals surface area contributed by atoms with Crippen molar-refractivity contribution in [2.45, 2.75) is 36.0 Å². The third-order valence-corrected chi connectivity index (χ3v) is 6.17. The summed E-state index contributed by atoms with van der Waals surface area (Å²) in [6, 6.07) is 20.5. The molecule has 4 heteroatoms. The normalized spacial score (nSPS) is 17.9. The maximum Gasteiger partial charge on any atom is 0.240 e. The minimum atomic E-state index is -0.199. The number of carbonyl (C=O) groups excluding carboxylic acids is 1. The SMILES string of the molecule is CC(N)C1CCN(C(=O)C(Sc2ccccc2)c2ccccc2)CC1. The van der Waals surface area contributed by atoms with Crippen LogP contribution in [0.3, 0.4) is 0 Å². The summed E-state index contributed by atoms with van der Waals surface area (Å²) in [4.78, 5) is 16.4. The van der Waals surface area contributed by atoms with Gasteiger partial charge in [0.25, 0.3) is 0 Å². The molecule has 1 heterocycles. The van der Waals surface area contributed by atoms with E-state index < -0.39 is 0 Å². The lowest BCUT2D eigenvalue weighted by molar-refractivity contribution is -0.132. The molecule has 0 aromatic heterocycles. The molecule has 3 rings (SSSR count). The molecule has 2 aromatic rings. The van der Waals surface area contributed by atoms with Gasteiger partial charge in [0.15, 0.2) is 0 Å². The Labute approximate surface area is 154 Å². The van der Waals surface area contributed by atoms with Crippen LogP contribution in [0.25, 0.3) is 0 Å². The van der Waals surface area contributed by atoms with Crippen molar-refractivity contribution in [2.24, 2.45) is 11.7 Å². The van der Waals surface area contributed by atoms with Crippen LogP contribution in [0.1, 0.15) is 30.6 Å². The van der Waals surface area contributed by atoms with Crippen LogP contribution in [0, 0.1) is 5.92 Å². The Balaban J connectivity index is 1.76. The van der Waals surface area contributed by atoms with Crippen LogP contribution in [0.15, 0.2) is 65.6 Å². The monoisotopic (exact) mass is 354 g/mol. The number of nitrogens with two attached hydrogens (primary N) is 1. The number of piperidine rings is 1. The molecule has 1 fully saturated rings. The highest BCUT2D eigenvalue weighted by molar-refractivity contribution is 8.00. The average molecular weight is 355 g/mol. The first kappa shape index (κ1) is 18.0. The molecule has 0 spiro atoms. The number of rotatable bonds is 5. The average Bonchev–Trinajstić information content (AvgIpc) is 2.67. The van der Waals surface area contributed by atoms with Crippen molar-refractivity contribution >= 4 is 17.7 Å². The summed E-state index contributed by atoms with van der Waals surface area (Å²) in [7, 11) is 0. The van der Waals surface area contributed by atoms with Crippen molar-refractivity contribution in [3.8, 4) is 0 Å². The van der Waals surface area contributed by atoms with Gasteiger partial charge in [0.2, 0.25) is 5.91 Å². The van der Waals surface area contributed by atoms with Crippen molar-refractivity contribution in [1.82, 2.24) is 4.90 Å². The number of likely N-dealkylation sites (tertiary alicyclic amines) is 1.